The van der Waals surface area contributed by atoms with E-state index in [0.29, 0.717) is 18.4 Å². The zero-order valence-corrected chi connectivity index (χ0v) is 7.68. The third-order valence-corrected chi connectivity index (χ3v) is 2.65. The van der Waals surface area contributed by atoms with Crippen molar-refractivity contribution in [2.24, 2.45) is 11.8 Å². The van der Waals surface area contributed by atoms with E-state index in [0.717, 1.165) is 13.0 Å². The first-order chi connectivity index (χ1) is 5.11. The lowest BCUT2D eigenvalue weighted by Gasteiger charge is -2.34. The van der Waals surface area contributed by atoms with Crippen molar-refractivity contribution >= 4 is 0 Å². The van der Waals surface area contributed by atoms with Gasteiger partial charge in [-0.05, 0) is 31.8 Å². The average molecular weight is 159 g/mol. The zero-order valence-electron chi connectivity index (χ0n) is 7.68. The van der Waals surface area contributed by atoms with E-state index in [2.05, 4.69) is 18.7 Å². The quantitative estimate of drug-likeness (QED) is 0.565. The van der Waals surface area contributed by atoms with Crippen LogP contribution in [0, 0.1) is 11.8 Å². The lowest BCUT2D eigenvalue weighted by Crippen LogP contribution is -2.41. The van der Waals surface area contributed by atoms with Gasteiger partial charge in [-0.1, -0.05) is 13.8 Å². The minimum absolute atomic E-state index is 0.297. The van der Waals surface area contributed by atoms with Crippen molar-refractivity contribution in [2.45, 2.75) is 26.4 Å². The smallest absolute Gasteiger partial charge is 0.116 e. The Morgan fingerprint density at radius 3 is 2.55 bits per heavy atom. The second-order valence-corrected chi connectivity index (χ2v) is 3.97. The number of piperidine rings is 1. The molecule has 0 radical (unpaired) electrons. The van der Waals surface area contributed by atoms with E-state index in [9.17, 15) is 4.39 Å². The molecule has 0 N–H and O–H groups in total. The van der Waals surface area contributed by atoms with Crippen LogP contribution in [0.3, 0.4) is 0 Å². The fourth-order valence-corrected chi connectivity index (χ4v) is 1.83. The Hall–Kier alpha value is -0.110. The maximum atomic E-state index is 13.3. The Morgan fingerprint density at radius 2 is 2.09 bits per heavy atom. The molecule has 1 nitrogen and oxygen atoms in total. The van der Waals surface area contributed by atoms with Crippen LogP contribution in [0.5, 0.6) is 0 Å². The average Bonchev–Trinajstić information content (AvgIpc) is 1.85. The van der Waals surface area contributed by atoms with E-state index in [4.69, 9.17) is 0 Å². The fourth-order valence-electron chi connectivity index (χ4n) is 1.83. The molecule has 0 aromatic heterocycles. The maximum Gasteiger partial charge on any atom is 0.116 e. The summed E-state index contributed by atoms with van der Waals surface area (Å²) in [5.41, 5.74) is 0. The van der Waals surface area contributed by atoms with Gasteiger partial charge in [-0.25, -0.2) is 4.39 Å². The number of hydrogen-bond acceptors (Lipinski definition) is 1. The predicted molar refractivity (Wildman–Crippen MR) is 45.3 cm³/mol. The first kappa shape index (κ1) is 8.98. The third-order valence-electron chi connectivity index (χ3n) is 2.65. The zero-order chi connectivity index (χ0) is 8.43. The van der Waals surface area contributed by atoms with E-state index in [1.165, 1.54) is 0 Å². The molecule has 1 aliphatic heterocycles. The molecule has 2 atom stereocenters. The van der Waals surface area contributed by atoms with E-state index < -0.39 is 6.17 Å². The molecule has 0 saturated carbocycles. The van der Waals surface area contributed by atoms with Crippen LogP contribution in [0.15, 0.2) is 0 Å². The summed E-state index contributed by atoms with van der Waals surface area (Å²) in [6.45, 7) is 5.91. The molecule has 1 heterocycles. The van der Waals surface area contributed by atoms with E-state index in [1.807, 2.05) is 7.05 Å². The fraction of sp³-hybridized carbons (Fsp3) is 1.00. The van der Waals surface area contributed by atoms with Crippen molar-refractivity contribution in [3.63, 3.8) is 0 Å². The topological polar surface area (TPSA) is 3.24 Å². The first-order valence-corrected chi connectivity index (χ1v) is 4.44. The number of rotatable bonds is 1. The van der Waals surface area contributed by atoms with Gasteiger partial charge in [0.25, 0.3) is 0 Å². The minimum Gasteiger partial charge on any atom is -0.303 e. The van der Waals surface area contributed by atoms with Crippen molar-refractivity contribution in [3.05, 3.63) is 0 Å². The normalized spacial score (nSPS) is 34.6. The number of nitrogens with zero attached hydrogens (tertiary/aromatic N) is 1. The van der Waals surface area contributed by atoms with Gasteiger partial charge < -0.3 is 4.90 Å². The van der Waals surface area contributed by atoms with Gasteiger partial charge in [-0.15, -0.1) is 0 Å². The van der Waals surface area contributed by atoms with Crippen LogP contribution < -0.4 is 0 Å². The van der Waals surface area contributed by atoms with E-state index in [-0.39, 0.29) is 0 Å². The van der Waals surface area contributed by atoms with Crippen LogP contribution in [0.2, 0.25) is 0 Å². The molecule has 11 heavy (non-hydrogen) atoms. The van der Waals surface area contributed by atoms with Gasteiger partial charge in [0.2, 0.25) is 0 Å². The summed E-state index contributed by atoms with van der Waals surface area (Å²) in [4.78, 5) is 2.07. The van der Waals surface area contributed by atoms with Crippen molar-refractivity contribution in [1.82, 2.24) is 4.90 Å². The third kappa shape index (κ3) is 2.16. The van der Waals surface area contributed by atoms with E-state index >= 15 is 0 Å². The van der Waals surface area contributed by atoms with Crippen LogP contribution >= 0.6 is 0 Å². The number of likely N-dealkylation sites (tertiary alicyclic amines) is 1. The Morgan fingerprint density at radius 1 is 1.45 bits per heavy atom. The Balaban J connectivity index is 2.44. The molecule has 66 valence electrons. The highest BCUT2D eigenvalue weighted by atomic mass is 19.1. The summed E-state index contributed by atoms with van der Waals surface area (Å²) in [5, 5.41) is 0. The molecule has 0 unspecified atom stereocenters. The van der Waals surface area contributed by atoms with Gasteiger partial charge >= 0.3 is 0 Å². The molecular weight excluding hydrogens is 141 g/mol. The predicted octanol–water partition coefficient (Wildman–Crippen LogP) is 1.93. The van der Waals surface area contributed by atoms with Gasteiger partial charge in [0.15, 0.2) is 0 Å². The highest BCUT2D eigenvalue weighted by molar-refractivity contribution is 4.80. The first-order valence-electron chi connectivity index (χ1n) is 4.44. The molecule has 1 saturated heterocycles. The SMILES string of the molecule is CC(C)[C@@H]1CCN(C)C[C@H]1F. The molecule has 0 bridgehead atoms. The molecule has 2 heteroatoms. The Bertz CT molecular complexity index is 125. The monoisotopic (exact) mass is 159 g/mol. The van der Waals surface area contributed by atoms with Crippen molar-refractivity contribution in [2.75, 3.05) is 20.1 Å². The highest BCUT2D eigenvalue weighted by Crippen LogP contribution is 2.26. The molecule has 0 amide bonds. The van der Waals surface area contributed by atoms with Crippen molar-refractivity contribution in [1.29, 1.82) is 0 Å². The number of alkyl halides is 1. The summed E-state index contributed by atoms with van der Waals surface area (Å²) in [5.74, 6) is 0.796. The van der Waals surface area contributed by atoms with Crippen LogP contribution in [0.1, 0.15) is 20.3 Å². The standard InChI is InChI=1S/C9H18FN/c1-7(2)8-4-5-11(3)6-9(8)10/h7-9H,4-6H2,1-3H3/t8-,9+/m0/s1. The number of halogens is 1. The van der Waals surface area contributed by atoms with Gasteiger partial charge in [0, 0.05) is 6.54 Å². The molecule has 1 rings (SSSR count). The summed E-state index contributed by atoms with van der Waals surface area (Å²) in [6.07, 6.45) is 0.420. The van der Waals surface area contributed by atoms with Gasteiger partial charge in [0.05, 0.1) is 0 Å². The lowest BCUT2D eigenvalue weighted by molar-refractivity contribution is 0.0758. The van der Waals surface area contributed by atoms with Crippen LogP contribution in [0.25, 0.3) is 0 Å². The molecule has 0 aromatic rings. The van der Waals surface area contributed by atoms with Gasteiger partial charge in [0.1, 0.15) is 6.17 Å². The second kappa shape index (κ2) is 3.53. The summed E-state index contributed by atoms with van der Waals surface area (Å²) in [6, 6.07) is 0. The Kier molecular flexibility index (Phi) is 2.88. The lowest BCUT2D eigenvalue weighted by atomic mass is 9.85. The van der Waals surface area contributed by atoms with Crippen molar-refractivity contribution in [3.8, 4) is 0 Å². The molecule has 1 aliphatic rings. The summed E-state index contributed by atoms with van der Waals surface area (Å²) < 4.78 is 13.3. The molecular formula is C9H18FN. The van der Waals surface area contributed by atoms with Gasteiger partial charge in [-0.3, -0.25) is 0 Å². The number of hydrogen-bond donors (Lipinski definition) is 0. The van der Waals surface area contributed by atoms with Gasteiger partial charge in [-0.2, -0.15) is 0 Å². The van der Waals surface area contributed by atoms with E-state index in [1.54, 1.807) is 0 Å². The molecule has 0 aliphatic carbocycles. The largest absolute Gasteiger partial charge is 0.303 e. The highest BCUT2D eigenvalue weighted by Gasteiger charge is 2.29. The Labute approximate surface area is 68.6 Å². The van der Waals surface area contributed by atoms with Crippen LogP contribution in [-0.2, 0) is 0 Å². The van der Waals surface area contributed by atoms with Crippen LogP contribution in [0.4, 0.5) is 4.39 Å². The summed E-state index contributed by atoms with van der Waals surface area (Å²) >= 11 is 0. The maximum absolute atomic E-state index is 13.3. The molecule has 0 spiro atoms. The molecule has 0 aromatic carbocycles. The van der Waals surface area contributed by atoms with Crippen molar-refractivity contribution < 1.29 is 4.39 Å². The molecule has 1 fully saturated rings. The summed E-state index contributed by atoms with van der Waals surface area (Å²) in [7, 11) is 1.99. The van der Waals surface area contributed by atoms with Crippen LogP contribution in [-0.4, -0.2) is 31.2 Å². The second-order valence-electron chi connectivity index (χ2n) is 3.97. The minimum atomic E-state index is -0.603.